The number of hydrogen-bond acceptors (Lipinski definition) is 7. The molecule has 2 aromatic carbocycles. The molecule has 0 unspecified atom stereocenters. The van der Waals surface area contributed by atoms with E-state index in [4.69, 9.17) is 16.1 Å². The summed E-state index contributed by atoms with van der Waals surface area (Å²) in [6.45, 7) is -0.0300. The Labute approximate surface area is 189 Å². The van der Waals surface area contributed by atoms with Crippen LogP contribution in [0.3, 0.4) is 0 Å². The maximum Gasteiger partial charge on any atom is 0.367 e. The standard InChI is InChI=1S/C21H14ClFN6O2S/c22-15-6-4-13(5-7-15)12-32-19-9-8-17-25-28(21(30)29(17)26-19)11-18-24-20(27-31-18)14-2-1-3-16(23)10-14/h1-10H,11-12H2. The van der Waals surface area contributed by atoms with E-state index in [0.29, 0.717) is 27.0 Å². The van der Waals surface area contributed by atoms with Gasteiger partial charge in [-0.25, -0.2) is 13.9 Å². The van der Waals surface area contributed by atoms with Gasteiger partial charge in [0.25, 0.3) is 0 Å². The van der Waals surface area contributed by atoms with E-state index in [1.807, 2.05) is 24.3 Å². The third kappa shape index (κ3) is 4.27. The average Bonchev–Trinajstić information content (AvgIpc) is 3.38. The molecule has 11 heteroatoms. The minimum atomic E-state index is -0.431. The predicted molar refractivity (Wildman–Crippen MR) is 117 cm³/mol. The van der Waals surface area contributed by atoms with Gasteiger partial charge in [-0.2, -0.15) is 14.6 Å². The Hall–Kier alpha value is -3.50. The van der Waals surface area contributed by atoms with Crippen LogP contribution in [0.15, 0.2) is 75.0 Å². The fraction of sp³-hybridized carbons (Fsp3) is 0.0952. The Morgan fingerprint density at radius 3 is 2.72 bits per heavy atom. The van der Waals surface area contributed by atoms with Crippen molar-refractivity contribution in [1.29, 1.82) is 0 Å². The molecule has 0 saturated heterocycles. The van der Waals surface area contributed by atoms with Gasteiger partial charge in [-0.3, -0.25) is 0 Å². The number of fused-ring (bicyclic) bond motifs is 1. The Morgan fingerprint density at radius 2 is 1.91 bits per heavy atom. The molecule has 32 heavy (non-hydrogen) atoms. The molecule has 0 atom stereocenters. The van der Waals surface area contributed by atoms with Crippen molar-refractivity contribution in [3.8, 4) is 11.4 Å². The molecule has 3 heterocycles. The monoisotopic (exact) mass is 468 g/mol. The Balaban J connectivity index is 1.34. The normalized spacial score (nSPS) is 11.3. The van der Waals surface area contributed by atoms with Crippen molar-refractivity contribution in [2.45, 2.75) is 17.3 Å². The largest absolute Gasteiger partial charge is 0.367 e. The van der Waals surface area contributed by atoms with E-state index in [-0.39, 0.29) is 18.3 Å². The molecule has 0 aliphatic rings. The molecule has 5 rings (SSSR count). The van der Waals surface area contributed by atoms with Crippen molar-refractivity contribution in [2.75, 3.05) is 0 Å². The van der Waals surface area contributed by atoms with Gasteiger partial charge < -0.3 is 4.52 Å². The molecule has 0 bridgehead atoms. The van der Waals surface area contributed by atoms with Gasteiger partial charge in [0.05, 0.1) is 0 Å². The summed E-state index contributed by atoms with van der Waals surface area (Å²) >= 11 is 7.41. The summed E-state index contributed by atoms with van der Waals surface area (Å²) in [4.78, 5) is 17.0. The van der Waals surface area contributed by atoms with E-state index >= 15 is 0 Å². The zero-order chi connectivity index (χ0) is 22.1. The number of nitrogens with zero attached hydrogens (tertiary/aromatic N) is 6. The van der Waals surface area contributed by atoms with Crippen molar-refractivity contribution in [1.82, 2.24) is 29.5 Å². The van der Waals surface area contributed by atoms with E-state index in [9.17, 15) is 9.18 Å². The maximum absolute atomic E-state index is 13.4. The quantitative estimate of drug-likeness (QED) is 0.347. The summed E-state index contributed by atoms with van der Waals surface area (Å²) in [6, 6.07) is 16.9. The fourth-order valence-electron chi connectivity index (χ4n) is 3.00. The second kappa shape index (κ2) is 8.56. The first-order valence-electron chi connectivity index (χ1n) is 9.48. The maximum atomic E-state index is 13.4. The molecule has 160 valence electrons. The Kier molecular flexibility index (Phi) is 5.46. The van der Waals surface area contributed by atoms with Gasteiger partial charge in [0.15, 0.2) is 5.65 Å². The van der Waals surface area contributed by atoms with Crippen molar-refractivity contribution in [3.05, 3.63) is 93.4 Å². The Morgan fingerprint density at radius 1 is 1.06 bits per heavy atom. The molecule has 0 spiro atoms. The minimum absolute atomic E-state index is 0.0300. The highest BCUT2D eigenvalue weighted by atomic mass is 35.5. The lowest BCUT2D eigenvalue weighted by Gasteiger charge is -2.01. The van der Waals surface area contributed by atoms with Gasteiger partial charge >= 0.3 is 5.69 Å². The second-order valence-electron chi connectivity index (χ2n) is 6.82. The summed E-state index contributed by atoms with van der Waals surface area (Å²) < 4.78 is 21.0. The van der Waals surface area contributed by atoms with Crippen molar-refractivity contribution >= 4 is 29.0 Å². The van der Waals surface area contributed by atoms with E-state index in [1.165, 1.54) is 33.1 Å². The lowest BCUT2D eigenvalue weighted by atomic mass is 10.2. The number of aromatic nitrogens is 6. The van der Waals surface area contributed by atoms with Crippen LogP contribution in [-0.2, 0) is 12.3 Å². The number of benzene rings is 2. The SMILES string of the molecule is O=c1n(Cc2nc(-c3cccc(F)c3)no2)nc2ccc(SCc3ccc(Cl)cc3)nn12. The van der Waals surface area contributed by atoms with Gasteiger partial charge in [-0.15, -0.1) is 5.10 Å². The molecular weight excluding hydrogens is 455 g/mol. The number of rotatable bonds is 6. The van der Waals surface area contributed by atoms with Gasteiger partial charge in [0, 0.05) is 16.3 Å². The molecule has 5 aromatic rings. The zero-order valence-electron chi connectivity index (χ0n) is 16.4. The fourth-order valence-corrected chi connectivity index (χ4v) is 3.94. The van der Waals surface area contributed by atoms with Crippen LogP contribution in [-0.4, -0.2) is 29.5 Å². The van der Waals surface area contributed by atoms with E-state index in [2.05, 4.69) is 20.3 Å². The lowest BCUT2D eigenvalue weighted by molar-refractivity contribution is 0.364. The van der Waals surface area contributed by atoms with Gasteiger partial charge in [0.2, 0.25) is 11.7 Å². The number of thioether (sulfide) groups is 1. The molecule has 0 fully saturated rings. The summed E-state index contributed by atoms with van der Waals surface area (Å²) in [5, 5.41) is 13.9. The first kappa shape index (κ1) is 20.4. The van der Waals surface area contributed by atoms with Crippen molar-refractivity contribution in [2.24, 2.45) is 0 Å². The predicted octanol–water partition coefficient (Wildman–Crippen LogP) is 4.07. The van der Waals surface area contributed by atoms with Gasteiger partial charge in [-0.05, 0) is 42.0 Å². The molecular formula is C21H14ClFN6O2S. The lowest BCUT2D eigenvalue weighted by Crippen LogP contribution is -2.23. The smallest absolute Gasteiger partial charge is 0.337 e. The van der Waals surface area contributed by atoms with Crippen LogP contribution in [0.5, 0.6) is 0 Å². The number of hydrogen-bond donors (Lipinski definition) is 0. The highest BCUT2D eigenvalue weighted by Crippen LogP contribution is 2.22. The summed E-state index contributed by atoms with van der Waals surface area (Å²) in [5.74, 6) is 0.687. The zero-order valence-corrected chi connectivity index (χ0v) is 17.9. The molecule has 0 saturated carbocycles. The van der Waals surface area contributed by atoms with Crippen molar-refractivity contribution < 1.29 is 8.91 Å². The van der Waals surface area contributed by atoms with Crippen LogP contribution in [0, 0.1) is 5.82 Å². The molecule has 8 nitrogen and oxygen atoms in total. The van der Waals surface area contributed by atoms with Crippen LogP contribution < -0.4 is 5.69 Å². The van der Waals surface area contributed by atoms with Crippen molar-refractivity contribution in [3.63, 3.8) is 0 Å². The Bertz CT molecular complexity index is 1460. The summed E-state index contributed by atoms with van der Waals surface area (Å²) in [6.07, 6.45) is 0. The van der Waals surface area contributed by atoms with Crippen LogP contribution in [0.25, 0.3) is 17.0 Å². The first-order chi connectivity index (χ1) is 15.5. The highest BCUT2D eigenvalue weighted by molar-refractivity contribution is 7.98. The molecule has 0 amide bonds. The molecule has 0 aliphatic heterocycles. The van der Waals surface area contributed by atoms with E-state index in [0.717, 1.165) is 5.56 Å². The minimum Gasteiger partial charge on any atom is -0.337 e. The third-order valence-electron chi connectivity index (χ3n) is 4.55. The average molecular weight is 469 g/mol. The first-order valence-corrected chi connectivity index (χ1v) is 10.8. The topological polar surface area (TPSA) is 91.1 Å². The highest BCUT2D eigenvalue weighted by Gasteiger charge is 2.14. The molecule has 0 aliphatic carbocycles. The van der Waals surface area contributed by atoms with Gasteiger partial charge in [-0.1, -0.05) is 52.8 Å². The third-order valence-corrected chi connectivity index (χ3v) is 5.79. The summed E-state index contributed by atoms with van der Waals surface area (Å²) in [5.41, 5.74) is 1.54. The van der Waals surface area contributed by atoms with Crippen LogP contribution in [0.1, 0.15) is 11.5 Å². The van der Waals surface area contributed by atoms with E-state index < -0.39 is 11.5 Å². The number of halogens is 2. The van der Waals surface area contributed by atoms with Gasteiger partial charge in [0.1, 0.15) is 17.4 Å². The molecule has 0 radical (unpaired) electrons. The van der Waals surface area contributed by atoms with Crippen LogP contribution in [0.4, 0.5) is 4.39 Å². The second-order valence-corrected chi connectivity index (χ2v) is 8.25. The molecule has 3 aromatic heterocycles. The van der Waals surface area contributed by atoms with E-state index in [1.54, 1.807) is 24.3 Å². The van der Waals surface area contributed by atoms with Crippen LogP contribution in [0.2, 0.25) is 5.02 Å². The molecule has 0 N–H and O–H groups in total. The van der Waals surface area contributed by atoms with Crippen LogP contribution >= 0.6 is 23.4 Å². The summed E-state index contributed by atoms with van der Waals surface area (Å²) in [7, 11) is 0.